The summed E-state index contributed by atoms with van der Waals surface area (Å²) in [7, 11) is 0. The van der Waals surface area contributed by atoms with Gasteiger partial charge in [-0.3, -0.25) is 9.69 Å². The number of carbonyl (C=O) groups is 1. The summed E-state index contributed by atoms with van der Waals surface area (Å²) in [4.78, 5) is 14.4. The molecule has 0 saturated heterocycles. The van der Waals surface area contributed by atoms with Crippen molar-refractivity contribution < 1.29 is 9.18 Å². The predicted octanol–water partition coefficient (Wildman–Crippen LogP) is 2.80. The highest BCUT2D eigenvalue weighted by Crippen LogP contribution is 2.32. The van der Waals surface area contributed by atoms with E-state index in [0.717, 1.165) is 24.3 Å². The largest absolute Gasteiger partial charge is 0.355 e. The minimum absolute atomic E-state index is 0.0286. The molecule has 4 nitrogen and oxygen atoms in total. The number of hydrogen-bond donors (Lipinski definition) is 1. The fourth-order valence-electron chi connectivity index (χ4n) is 3.19. The topological polar surface area (TPSA) is 37.3 Å². The lowest BCUT2D eigenvalue weighted by atomic mass is 10.00. The van der Waals surface area contributed by atoms with Crippen LogP contribution in [0.3, 0.4) is 0 Å². The zero-order valence-electron chi connectivity index (χ0n) is 14.2. The minimum Gasteiger partial charge on any atom is -0.355 e. The highest BCUT2D eigenvalue weighted by atomic mass is 19.1. The first-order valence-corrected chi connectivity index (χ1v) is 8.46. The van der Waals surface area contributed by atoms with Gasteiger partial charge >= 0.3 is 0 Å². The maximum atomic E-state index is 13.3. The molecule has 24 heavy (non-hydrogen) atoms. The van der Waals surface area contributed by atoms with Gasteiger partial charge in [0.05, 0.1) is 12.6 Å². The van der Waals surface area contributed by atoms with Crippen LogP contribution in [0.15, 0.2) is 42.6 Å². The van der Waals surface area contributed by atoms with Crippen LogP contribution < -0.4 is 5.32 Å². The van der Waals surface area contributed by atoms with Gasteiger partial charge in [-0.1, -0.05) is 26.0 Å². The molecule has 0 saturated carbocycles. The molecule has 128 valence electrons. The summed E-state index contributed by atoms with van der Waals surface area (Å²) in [6.45, 7) is 6.84. The molecule has 2 heterocycles. The van der Waals surface area contributed by atoms with Crippen molar-refractivity contribution in [2.24, 2.45) is 5.92 Å². The SMILES string of the molecule is CC(C)CNC(=O)CN1CCn2cccc2[C@@H]1c1ccc(F)cc1. The van der Waals surface area contributed by atoms with Gasteiger partial charge in [0.15, 0.2) is 0 Å². The van der Waals surface area contributed by atoms with Gasteiger partial charge in [-0.25, -0.2) is 4.39 Å². The van der Waals surface area contributed by atoms with Gasteiger partial charge in [-0.05, 0) is 35.7 Å². The molecular formula is C19H24FN3O. The zero-order chi connectivity index (χ0) is 17.1. The van der Waals surface area contributed by atoms with Crippen LogP contribution in [0.25, 0.3) is 0 Å². The van der Waals surface area contributed by atoms with E-state index in [1.807, 2.05) is 18.2 Å². The number of nitrogens with zero attached hydrogens (tertiary/aromatic N) is 2. The second-order valence-electron chi connectivity index (χ2n) is 6.75. The Morgan fingerprint density at radius 3 is 2.71 bits per heavy atom. The van der Waals surface area contributed by atoms with Crippen LogP contribution >= 0.6 is 0 Å². The second-order valence-corrected chi connectivity index (χ2v) is 6.75. The molecule has 0 fully saturated rings. The molecule has 1 aliphatic heterocycles. The number of rotatable bonds is 5. The first-order chi connectivity index (χ1) is 11.5. The Balaban J connectivity index is 1.82. The summed E-state index contributed by atoms with van der Waals surface area (Å²) in [6, 6.07) is 10.6. The lowest BCUT2D eigenvalue weighted by Gasteiger charge is -2.37. The Hall–Kier alpha value is -2.14. The normalized spacial score (nSPS) is 17.8. The molecule has 5 heteroatoms. The van der Waals surface area contributed by atoms with Crippen LogP contribution in [-0.2, 0) is 11.3 Å². The van der Waals surface area contributed by atoms with E-state index in [0.29, 0.717) is 19.0 Å². The molecule has 0 bridgehead atoms. The molecule has 2 aromatic rings. The standard InChI is InChI=1S/C19H24FN3O/c1-14(2)12-21-18(24)13-23-11-10-22-9-3-4-17(22)19(23)15-5-7-16(20)8-6-15/h3-9,14,19H,10-13H2,1-2H3,(H,21,24)/t19-/m0/s1. The summed E-state index contributed by atoms with van der Waals surface area (Å²) in [5.41, 5.74) is 2.15. The lowest BCUT2D eigenvalue weighted by molar-refractivity contribution is -0.123. The molecule has 0 spiro atoms. The molecule has 0 unspecified atom stereocenters. The molecule has 0 aliphatic carbocycles. The van der Waals surface area contributed by atoms with Crippen LogP contribution in [0, 0.1) is 11.7 Å². The summed E-state index contributed by atoms with van der Waals surface area (Å²) in [6.07, 6.45) is 2.06. The third-order valence-corrected chi connectivity index (χ3v) is 4.38. The lowest BCUT2D eigenvalue weighted by Crippen LogP contribution is -2.44. The number of benzene rings is 1. The average molecular weight is 329 g/mol. The van der Waals surface area contributed by atoms with Crippen molar-refractivity contribution in [3.05, 3.63) is 59.7 Å². The summed E-state index contributed by atoms with van der Waals surface area (Å²) in [5, 5.41) is 2.98. The number of nitrogens with one attached hydrogen (secondary N) is 1. The Kier molecular flexibility index (Phi) is 5.00. The van der Waals surface area contributed by atoms with Crippen LogP contribution in [0.2, 0.25) is 0 Å². The molecular weight excluding hydrogens is 305 g/mol. The van der Waals surface area contributed by atoms with Crippen LogP contribution in [0.4, 0.5) is 4.39 Å². The van der Waals surface area contributed by atoms with Crippen molar-refractivity contribution in [1.29, 1.82) is 0 Å². The molecule has 1 N–H and O–H groups in total. The van der Waals surface area contributed by atoms with E-state index in [2.05, 4.69) is 40.9 Å². The van der Waals surface area contributed by atoms with Gasteiger partial charge in [0.1, 0.15) is 5.82 Å². The first kappa shape index (κ1) is 16.7. The van der Waals surface area contributed by atoms with E-state index in [4.69, 9.17) is 0 Å². The molecule has 1 atom stereocenters. The smallest absolute Gasteiger partial charge is 0.234 e. The maximum absolute atomic E-state index is 13.3. The molecule has 1 aliphatic rings. The van der Waals surface area contributed by atoms with Gasteiger partial charge in [-0.2, -0.15) is 0 Å². The molecule has 1 aromatic heterocycles. The van der Waals surface area contributed by atoms with Gasteiger partial charge in [0.2, 0.25) is 5.91 Å². The second kappa shape index (κ2) is 7.18. The van der Waals surface area contributed by atoms with Gasteiger partial charge in [0, 0.05) is 31.5 Å². The molecule has 1 aromatic carbocycles. The fraction of sp³-hybridized carbons (Fsp3) is 0.421. The van der Waals surface area contributed by atoms with Gasteiger partial charge in [0.25, 0.3) is 0 Å². The van der Waals surface area contributed by atoms with Crippen molar-refractivity contribution in [2.45, 2.75) is 26.4 Å². The van der Waals surface area contributed by atoms with Crippen LogP contribution in [-0.4, -0.2) is 35.0 Å². The monoisotopic (exact) mass is 329 g/mol. The Morgan fingerprint density at radius 2 is 2.00 bits per heavy atom. The number of halogens is 1. The molecule has 0 radical (unpaired) electrons. The summed E-state index contributed by atoms with van der Waals surface area (Å²) in [5.74, 6) is 0.224. The van der Waals surface area contributed by atoms with Crippen molar-refractivity contribution in [2.75, 3.05) is 19.6 Å². The Morgan fingerprint density at radius 1 is 1.25 bits per heavy atom. The van der Waals surface area contributed by atoms with E-state index in [1.165, 1.54) is 12.1 Å². The summed E-state index contributed by atoms with van der Waals surface area (Å²) < 4.78 is 15.5. The van der Waals surface area contributed by atoms with E-state index in [1.54, 1.807) is 0 Å². The Labute approximate surface area is 142 Å². The highest BCUT2D eigenvalue weighted by molar-refractivity contribution is 5.78. The Bertz CT molecular complexity index is 693. The summed E-state index contributed by atoms with van der Waals surface area (Å²) >= 11 is 0. The van der Waals surface area contributed by atoms with Gasteiger partial charge < -0.3 is 9.88 Å². The van der Waals surface area contributed by atoms with Crippen molar-refractivity contribution in [1.82, 2.24) is 14.8 Å². The molecule has 1 amide bonds. The number of hydrogen-bond acceptors (Lipinski definition) is 2. The fourth-order valence-corrected chi connectivity index (χ4v) is 3.19. The number of amides is 1. The van der Waals surface area contributed by atoms with E-state index < -0.39 is 0 Å². The maximum Gasteiger partial charge on any atom is 0.234 e. The number of carbonyl (C=O) groups excluding carboxylic acids is 1. The van der Waals surface area contributed by atoms with Gasteiger partial charge in [-0.15, -0.1) is 0 Å². The van der Waals surface area contributed by atoms with Crippen molar-refractivity contribution in [3.8, 4) is 0 Å². The number of aromatic nitrogens is 1. The predicted molar refractivity (Wildman–Crippen MR) is 92.1 cm³/mol. The van der Waals surface area contributed by atoms with E-state index in [9.17, 15) is 9.18 Å². The quantitative estimate of drug-likeness (QED) is 0.916. The van der Waals surface area contributed by atoms with E-state index >= 15 is 0 Å². The molecule has 3 rings (SSSR count). The number of fused-ring (bicyclic) bond motifs is 1. The first-order valence-electron chi connectivity index (χ1n) is 8.46. The minimum atomic E-state index is -0.244. The third-order valence-electron chi connectivity index (χ3n) is 4.38. The third kappa shape index (κ3) is 3.67. The zero-order valence-corrected chi connectivity index (χ0v) is 14.2. The van der Waals surface area contributed by atoms with Crippen LogP contribution in [0.1, 0.15) is 31.1 Å². The average Bonchev–Trinajstić information content (AvgIpc) is 3.02. The highest BCUT2D eigenvalue weighted by Gasteiger charge is 2.29. The van der Waals surface area contributed by atoms with Crippen molar-refractivity contribution in [3.63, 3.8) is 0 Å². The van der Waals surface area contributed by atoms with E-state index in [-0.39, 0.29) is 17.8 Å². The van der Waals surface area contributed by atoms with Crippen LogP contribution in [0.5, 0.6) is 0 Å². The van der Waals surface area contributed by atoms with Crippen molar-refractivity contribution >= 4 is 5.91 Å².